The number of halogens is 4. The molecule has 0 bridgehead atoms. The van der Waals surface area contributed by atoms with Gasteiger partial charge in [0.25, 0.3) is 0 Å². The van der Waals surface area contributed by atoms with Gasteiger partial charge in [0.15, 0.2) is 0 Å². The van der Waals surface area contributed by atoms with Crippen LogP contribution in [0.3, 0.4) is 0 Å². The first-order valence-electron chi connectivity index (χ1n) is 5.51. The van der Waals surface area contributed by atoms with Gasteiger partial charge in [0.1, 0.15) is 0 Å². The van der Waals surface area contributed by atoms with E-state index in [0.717, 1.165) is 0 Å². The van der Waals surface area contributed by atoms with Crippen molar-refractivity contribution in [3.8, 4) is 0 Å². The van der Waals surface area contributed by atoms with Crippen molar-refractivity contribution < 1.29 is 30.5 Å². The second-order valence-electron chi connectivity index (χ2n) is 3.68. The molecule has 4 nitrogen and oxygen atoms in total. The lowest BCUT2D eigenvalue weighted by molar-refractivity contribution is -0.164. The summed E-state index contributed by atoms with van der Waals surface area (Å²) in [6, 6.07) is 0. The van der Waals surface area contributed by atoms with Crippen LogP contribution < -0.4 is 5.73 Å². The molecule has 9 heteroatoms. The Bertz CT molecular complexity index is 358. The van der Waals surface area contributed by atoms with E-state index in [1.165, 1.54) is 0 Å². The first kappa shape index (κ1) is 20.6. The van der Waals surface area contributed by atoms with E-state index >= 15 is 0 Å². The Labute approximate surface area is 110 Å². The lowest BCUT2D eigenvalue weighted by atomic mass is 10.1. The van der Waals surface area contributed by atoms with Gasteiger partial charge in [0.05, 0.1) is 0 Å². The van der Waals surface area contributed by atoms with Crippen molar-refractivity contribution >= 4 is 10.1 Å². The zero-order valence-electron chi connectivity index (χ0n) is 10.6. The zero-order valence-corrected chi connectivity index (χ0v) is 11.4. The molecule has 0 aliphatic rings. The summed E-state index contributed by atoms with van der Waals surface area (Å²) in [5.41, 5.74) is 4.91. The van der Waals surface area contributed by atoms with E-state index in [1.807, 2.05) is 0 Å². The average Bonchev–Trinajstić information content (AvgIpc) is 2.28. The monoisotopic (exact) mass is 309 g/mol. The van der Waals surface area contributed by atoms with Crippen molar-refractivity contribution in [1.82, 2.24) is 0 Å². The lowest BCUT2D eigenvalue weighted by Crippen LogP contribution is -2.46. The molecular weight excluding hydrogens is 290 g/mol. The second-order valence-corrected chi connectivity index (χ2v) is 5.14. The molecule has 0 fully saturated rings. The molecule has 0 aliphatic heterocycles. The minimum atomic E-state index is -6.08. The van der Waals surface area contributed by atoms with Gasteiger partial charge in [0, 0.05) is 13.0 Å². The lowest BCUT2D eigenvalue weighted by Gasteiger charge is -2.23. The summed E-state index contributed by atoms with van der Waals surface area (Å²) in [6.07, 6.45) is 0.979. The predicted octanol–water partition coefficient (Wildman–Crippen LogP) is 2.81. The van der Waals surface area contributed by atoms with Crippen LogP contribution in [-0.2, 0) is 10.1 Å². The van der Waals surface area contributed by atoms with Gasteiger partial charge >= 0.3 is 21.3 Å². The van der Waals surface area contributed by atoms with Gasteiger partial charge in [-0.3, -0.25) is 4.55 Å². The molecule has 0 saturated heterocycles. The van der Waals surface area contributed by atoms with E-state index in [0.29, 0.717) is 13.0 Å². The third-order valence-corrected chi connectivity index (χ3v) is 2.96. The van der Waals surface area contributed by atoms with Crippen molar-refractivity contribution in [1.29, 1.82) is 0 Å². The van der Waals surface area contributed by atoms with E-state index in [-0.39, 0.29) is 12.8 Å². The largest absolute Gasteiger partial charge is 0.431 e. The maximum absolute atomic E-state index is 12.7. The van der Waals surface area contributed by atoms with E-state index in [9.17, 15) is 26.0 Å². The van der Waals surface area contributed by atoms with Crippen LogP contribution in [0, 0.1) is 0 Å². The quantitative estimate of drug-likeness (QED) is 0.328. The smallest absolute Gasteiger partial charge is 0.327 e. The summed E-state index contributed by atoms with van der Waals surface area (Å²) in [4.78, 5) is 0. The highest BCUT2D eigenvalue weighted by atomic mass is 32.2. The van der Waals surface area contributed by atoms with Gasteiger partial charge < -0.3 is 5.73 Å². The van der Waals surface area contributed by atoms with Crippen LogP contribution in [0.1, 0.15) is 32.6 Å². The predicted molar refractivity (Wildman–Crippen MR) is 64.8 cm³/mol. The van der Waals surface area contributed by atoms with E-state index in [4.69, 9.17) is 10.3 Å². The highest BCUT2D eigenvalue weighted by molar-refractivity contribution is 7.87. The molecule has 3 N–H and O–H groups in total. The first-order valence-corrected chi connectivity index (χ1v) is 6.95. The van der Waals surface area contributed by atoms with Crippen LogP contribution in [0.4, 0.5) is 17.6 Å². The molecule has 0 aliphatic carbocycles. The van der Waals surface area contributed by atoms with Gasteiger partial charge in [-0.25, -0.2) is 0 Å². The van der Waals surface area contributed by atoms with Crippen molar-refractivity contribution in [3.05, 3.63) is 12.7 Å². The first-order chi connectivity index (χ1) is 8.47. The van der Waals surface area contributed by atoms with E-state index in [2.05, 4.69) is 6.58 Å². The molecule has 0 aromatic carbocycles. The molecule has 0 saturated carbocycles. The SMILES string of the molecule is C=CCN.CCCCCC(F)(F)C(F)(F)S(=O)(=O)O. The molecule has 0 unspecified atom stereocenters. The number of rotatable bonds is 7. The molecule has 0 aromatic heterocycles. The summed E-state index contributed by atoms with van der Waals surface area (Å²) >= 11 is 0. The standard InChI is InChI=1S/C7H12F4O3S.C3H7N/c1-2-3-4-5-6(8,9)7(10,11)15(12,13)14;1-2-3-4/h2-5H2,1H3,(H,12,13,14);2H,1,3-4H2. The van der Waals surface area contributed by atoms with E-state index in [1.54, 1.807) is 13.0 Å². The van der Waals surface area contributed by atoms with Crippen molar-refractivity contribution in [3.63, 3.8) is 0 Å². The third-order valence-electron chi connectivity index (χ3n) is 2.01. The van der Waals surface area contributed by atoms with Crippen molar-refractivity contribution in [2.45, 2.75) is 43.8 Å². The minimum Gasteiger partial charge on any atom is -0.327 e. The Kier molecular flexibility index (Phi) is 9.23. The Hall–Kier alpha value is -0.670. The highest BCUT2D eigenvalue weighted by Gasteiger charge is 2.64. The van der Waals surface area contributed by atoms with Gasteiger partial charge in [-0.1, -0.05) is 25.8 Å². The molecule has 0 heterocycles. The molecule has 116 valence electrons. The van der Waals surface area contributed by atoms with Crippen LogP contribution in [0.25, 0.3) is 0 Å². The van der Waals surface area contributed by atoms with Crippen LogP contribution in [0.2, 0.25) is 0 Å². The van der Waals surface area contributed by atoms with Gasteiger partial charge in [0.2, 0.25) is 0 Å². The molecule has 0 rings (SSSR count). The molecule has 0 amide bonds. The molecular formula is C10H19F4NO3S. The number of hydrogen-bond acceptors (Lipinski definition) is 3. The Morgan fingerprint density at radius 2 is 1.68 bits per heavy atom. The maximum Gasteiger partial charge on any atom is 0.431 e. The molecule has 0 aromatic rings. The molecule has 19 heavy (non-hydrogen) atoms. The molecule has 0 atom stereocenters. The fourth-order valence-corrected chi connectivity index (χ4v) is 1.41. The number of alkyl halides is 4. The van der Waals surface area contributed by atoms with Crippen LogP contribution in [-0.4, -0.2) is 30.7 Å². The van der Waals surface area contributed by atoms with Crippen LogP contribution in [0.5, 0.6) is 0 Å². The Morgan fingerprint density at radius 1 is 1.26 bits per heavy atom. The number of hydrogen-bond donors (Lipinski definition) is 2. The Morgan fingerprint density at radius 3 is 1.95 bits per heavy atom. The summed E-state index contributed by atoms with van der Waals surface area (Å²) < 4.78 is 78.7. The normalized spacial score (nSPS) is 12.6. The summed E-state index contributed by atoms with van der Waals surface area (Å²) in [5, 5.41) is -5.42. The molecule has 0 radical (unpaired) electrons. The fourth-order valence-electron chi connectivity index (χ4n) is 0.931. The van der Waals surface area contributed by atoms with Gasteiger partial charge in [-0.05, 0) is 6.42 Å². The van der Waals surface area contributed by atoms with Crippen molar-refractivity contribution in [2.75, 3.05) is 6.54 Å². The van der Waals surface area contributed by atoms with Gasteiger partial charge in [-0.2, -0.15) is 26.0 Å². The minimum absolute atomic E-state index is 0.228. The van der Waals surface area contributed by atoms with Crippen LogP contribution in [0.15, 0.2) is 12.7 Å². The third kappa shape index (κ3) is 6.88. The second kappa shape index (κ2) is 8.49. The zero-order chi connectivity index (χ0) is 15.7. The Balaban J connectivity index is 0. The summed E-state index contributed by atoms with van der Waals surface area (Å²) in [7, 11) is -6.08. The number of unbranched alkanes of at least 4 members (excludes halogenated alkanes) is 2. The molecule has 0 spiro atoms. The van der Waals surface area contributed by atoms with Crippen molar-refractivity contribution in [2.24, 2.45) is 5.73 Å². The van der Waals surface area contributed by atoms with Gasteiger partial charge in [-0.15, -0.1) is 6.58 Å². The fraction of sp³-hybridized carbons (Fsp3) is 0.800. The maximum atomic E-state index is 12.7. The highest BCUT2D eigenvalue weighted by Crippen LogP contribution is 2.41. The average molecular weight is 309 g/mol. The topological polar surface area (TPSA) is 80.4 Å². The number of nitrogens with two attached hydrogens (primary N) is 1. The summed E-state index contributed by atoms with van der Waals surface area (Å²) in [5.74, 6) is -4.74. The van der Waals surface area contributed by atoms with Crippen LogP contribution >= 0.6 is 0 Å². The van der Waals surface area contributed by atoms with E-state index < -0.39 is 27.7 Å². The summed E-state index contributed by atoms with van der Waals surface area (Å²) in [6.45, 7) is 5.62.